The van der Waals surface area contributed by atoms with Gasteiger partial charge in [0.05, 0.1) is 0 Å². The summed E-state index contributed by atoms with van der Waals surface area (Å²) < 4.78 is 5.71. The highest BCUT2D eigenvalue weighted by atomic mass is 16.3. The van der Waals surface area contributed by atoms with Gasteiger partial charge in [0.2, 0.25) is 0 Å². The Hall–Kier alpha value is -2.37. The van der Waals surface area contributed by atoms with Gasteiger partial charge in [-0.3, -0.25) is 9.59 Å². The SMILES string of the molecule is C[C@H]1CCCC[C@@H]1NC(=O)C(=O)Nc1ccc2oc(C3CC3)nc2c1. The molecule has 6 heteroatoms. The number of rotatable bonds is 3. The largest absolute Gasteiger partial charge is 0.440 e. The van der Waals surface area contributed by atoms with E-state index in [4.69, 9.17) is 4.42 Å². The van der Waals surface area contributed by atoms with E-state index in [-0.39, 0.29) is 6.04 Å². The van der Waals surface area contributed by atoms with E-state index in [9.17, 15) is 9.59 Å². The van der Waals surface area contributed by atoms with Gasteiger partial charge in [0, 0.05) is 17.6 Å². The molecule has 2 saturated carbocycles. The van der Waals surface area contributed by atoms with Gasteiger partial charge in [-0.05, 0) is 49.8 Å². The van der Waals surface area contributed by atoms with Crippen LogP contribution in [0.5, 0.6) is 0 Å². The summed E-state index contributed by atoms with van der Waals surface area (Å²) in [7, 11) is 0. The van der Waals surface area contributed by atoms with Crippen molar-refractivity contribution >= 4 is 28.6 Å². The smallest absolute Gasteiger partial charge is 0.313 e. The summed E-state index contributed by atoms with van der Waals surface area (Å²) in [5.74, 6) is 0.412. The quantitative estimate of drug-likeness (QED) is 0.839. The number of anilines is 1. The lowest BCUT2D eigenvalue weighted by atomic mass is 9.86. The topological polar surface area (TPSA) is 84.2 Å². The molecule has 0 spiro atoms. The van der Waals surface area contributed by atoms with E-state index in [1.165, 1.54) is 6.42 Å². The Morgan fingerprint density at radius 2 is 1.92 bits per heavy atom. The van der Waals surface area contributed by atoms with Crippen LogP contribution in [0.1, 0.15) is 57.3 Å². The first-order valence-corrected chi connectivity index (χ1v) is 9.12. The van der Waals surface area contributed by atoms with E-state index in [2.05, 4.69) is 22.5 Å². The van der Waals surface area contributed by atoms with Crippen molar-refractivity contribution in [3.8, 4) is 0 Å². The summed E-state index contributed by atoms with van der Waals surface area (Å²) in [6.07, 6.45) is 6.57. The molecule has 2 N–H and O–H groups in total. The van der Waals surface area contributed by atoms with E-state index in [1.54, 1.807) is 18.2 Å². The maximum Gasteiger partial charge on any atom is 0.313 e. The van der Waals surface area contributed by atoms with Gasteiger partial charge in [-0.15, -0.1) is 0 Å². The molecule has 0 aliphatic heterocycles. The Bertz CT molecular complexity index is 809. The van der Waals surface area contributed by atoms with Crippen molar-refractivity contribution < 1.29 is 14.0 Å². The van der Waals surface area contributed by atoms with Crippen LogP contribution in [0.3, 0.4) is 0 Å². The zero-order valence-electron chi connectivity index (χ0n) is 14.4. The van der Waals surface area contributed by atoms with Gasteiger partial charge in [-0.25, -0.2) is 4.98 Å². The fourth-order valence-electron chi connectivity index (χ4n) is 3.48. The average Bonchev–Trinajstić information content (AvgIpc) is 3.36. The molecule has 2 fully saturated rings. The number of nitrogens with zero attached hydrogens (tertiary/aromatic N) is 1. The Morgan fingerprint density at radius 3 is 2.68 bits per heavy atom. The molecule has 1 aromatic heterocycles. The Kier molecular flexibility index (Phi) is 4.19. The molecule has 2 aliphatic carbocycles. The first-order valence-electron chi connectivity index (χ1n) is 9.12. The lowest BCUT2D eigenvalue weighted by molar-refractivity contribution is -0.137. The maximum absolute atomic E-state index is 12.2. The standard InChI is InChI=1S/C19H23N3O3/c1-11-4-2-3-5-14(11)21-18(24)17(23)20-13-8-9-16-15(10-13)22-19(25-16)12-6-7-12/h8-12,14H,2-7H2,1H3,(H,20,23)(H,21,24)/t11-,14-/m0/s1. The van der Waals surface area contributed by atoms with Crippen LogP contribution < -0.4 is 10.6 Å². The van der Waals surface area contributed by atoms with Crippen molar-refractivity contribution in [3.63, 3.8) is 0 Å². The van der Waals surface area contributed by atoms with Crippen LogP contribution >= 0.6 is 0 Å². The van der Waals surface area contributed by atoms with Gasteiger partial charge >= 0.3 is 11.8 Å². The maximum atomic E-state index is 12.2. The second-order valence-electron chi connectivity index (χ2n) is 7.30. The van der Waals surface area contributed by atoms with Crippen LogP contribution in [0.2, 0.25) is 0 Å². The summed E-state index contributed by atoms with van der Waals surface area (Å²) in [4.78, 5) is 28.8. The van der Waals surface area contributed by atoms with E-state index in [0.29, 0.717) is 28.6 Å². The zero-order chi connectivity index (χ0) is 17.4. The molecule has 2 aromatic rings. The number of benzene rings is 1. The van der Waals surface area contributed by atoms with Crippen molar-refractivity contribution in [2.45, 2.75) is 57.4 Å². The fourth-order valence-corrected chi connectivity index (χ4v) is 3.48. The zero-order valence-corrected chi connectivity index (χ0v) is 14.4. The van der Waals surface area contributed by atoms with Crippen molar-refractivity contribution in [2.75, 3.05) is 5.32 Å². The van der Waals surface area contributed by atoms with Crippen molar-refractivity contribution in [1.82, 2.24) is 10.3 Å². The third kappa shape index (κ3) is 3.52. The van der Waals surface area contributed by atoms with Gasteiger partial charge in [0.1, 0.15) is 5.52 Å². The molecular formula is C19H23N3O3. The number of carbonyl (C=O) groups excluding carboxylic acids is 2. The number of hydrogen-bond donors (Lipinski definition) is 2. The molecule has 4 rings (SSSR count). The molecule has 0 bridgehead atoms. The van der Waals surface area contributed by atoms with Crippen LogP contribution in [0.15, 0.2) is 22.6 Å². The van der Waals surface area contributed by atoms with Crippen molar-refractivity contribution in [2.24, 2.45) is 5.92 Å². The van der Waals surface area contributed by atoms with Crippen molar-refractivity contribution in [3.05, 3.63) is 24.1 Å². The lowest BCUT2D eigenvalue weighted by Crippen LogP contribution is -2.45. The second kappa shape index (κ2) is 6.50. The predicted molar refractivity (Wildman–Crippen MR) is 94.2 cm³/mol. The summed E-state index contributed by atoms with van der Waals surface area (Å²) in [6.45, 7) is 2.12. The second-order valence-corrected chi connectivity index (χ2v) is 7.30. The molecular weight excluding hydrogens is 318 g/mol. The Labute approximate surface area is 146 Å². The van der Waals surface area contributed by atoms with E-state index in [1.807, 2.05) is 0 Å². The number of carbonyl (C=O) groups is 2. The summed E-state index contributed by atoms with van der Waals surface area (Å²) >= 11 is 0. The van der Waals surface area contributed by atoms with Gasteiger partial charge in [-0.2, -0.15) is 0 Å². The molecule has 6 nitrogen and oxygen atoms in total. The predicted octanol–water partition coefficient (Wildman–Crippen LogP) is 3.34. The highest BCUT2D eigenvalue weighted by molar-refractivity contribution is 6.39. The molecule has 2 aliphatic rings. The first-order chi connectivity index (χ1) is 12.1. The van der Waals surface area contributed by atoms with E-state index < -0.39 is 11.8 Å². The van der Waals surface area contributed by atoms with Crippen molar-refractivity contribution in [1.29, 1.82) is 0 Å². The van der Waals surface area contributed by atoms with Crippen LogP contribution in [-0.2, 0) is 9.59 Å². The number of nitrogens with one attached hydrogen (secondary N) is 2. The molecule has 1 aromatic carbocycles. The van der Waals surface area contributed by atoms with Crippen LogP contribution in [0, 0.1) is 5.92 Å². The number of fused-ring (bicyclic) bond motifs is 1. The summed E-state index contributed by atoms with van der Waals surface area (Å²) in [5.41, 5.74) is 1.97. The molecule has 0 unspecified atom stereocenters. The Morgan fingerprint density at radius 1 is 1.12 bits per heavy atom. The molecule has 25 heavy (non-hydrogen) atoms. The highest BCUT2D eigenvalue weighted by Gasteiger charge is 2.29. The minimum Gasteiger partial charge on any atom is -0.440 e. The van der Waals surface area contributed by atoms with Crippen LogP contribution in [0.4, 0.5) is 5.69 Å². The lowest BCUT2D eigenvalue weighted by Gasteiger charge is -2.29. The van der Waals surface area contributed by atoms with Crippen LogP contribution in [0.25, 0.3) is 11.1 Å². The minimum absolute atomic E-state index is 0.0890. The Balaban J connectivity index is 1.41. The van der Waals surface area contributed by atoms with Crippen LogP contribution in [-0.4, -0.2) is 22.8 Å². The highest BCUT2D eigenvalue weighted by Crippen LogP contribution is 2.40. The molecule has 1 heterocycles. The van der Waals surface area contributed by atoms with E-state index >= 15 is 0 Å². The number of amides is 2. The molecule has 2 amide bonds. The van der Waals surface area contributed by atoms with Gasteiger partial charge in [0.25, 0.3) is 0 Å². The summed E-state index contributed by atoms with van der Waals surface area (Å²) in [6, 6.07) is 5.36. The molecule has 0 radical (unpaired) electrons. The van der Waals surface area contributed by atoms with Gasteiger partial charge < -0.3 is 15.1 Å². The monoisotopic (exact) mass is 341 g/mol. The number of aromatic nitrogens is 1. The minimum atomic E-state index is -0.636. The fraction of sp³-hybridized carbons (Fsp3) is 0.526. The summed E-state index contributed by atoms with van der Waals surface area (Å²) in [5, 5.41) is 5.53. The molecule has 2 atom stereocenters. The number of hydrogen-bond acceptors (Lipinski definition) is 4. The van der Waals surface area contributed by atoms with Gasteiger partial charge in [0.15, 0.2) is 11.5 Å². The molecule has 0 saturated heterocycles. The first kappa shape index (κ1) is 16.1. The third-order valence-corrected chi connectivity index (χ3v) is 5.22. The molecule has 132 valence electrons. The average molecular weight is 341 g/mol. The third-order valence-electron chi connectivity index (χ3n) is 5.22. The van der Waals surface area contributed by atoms with Gasteiger partial charge in [-0.1, -0.05) is 19.8 Å². The van der Waals surface area contributed by atoms with E-state index in [0.717, 1.165) is 38.0 Å². The normalized spacial score (nSPS) is 23.4. The number of oxazole rings is 1.